The van der Waals surface area contributed by atoms with E-state index in [1.807, 2.05) is 6.92 Å². The Labute approximate surface area is 95.3 Å². The van der Waals surface area contributed by atoms with Gasteiger partial charge in [0.2, 0.25) is 0 Å². The first-order chi connectivity index (χ1) is 7.59. The molecule has 1 aromatic heterocycles. The van der Waals surface area contributed by atoms with E-state index in [2.05, 4.69) is 9.55 Å². The third-order valence-corrected chi connectivity index (χ3v) is 3.30. The Morgan fingerprint density at radius 3 is 3.00 bits per heavy atom. The fraction of sp³-hybridized carbons (Fsp3) is 0.667. The van der Waals surface area contributed by atoms with Crippen LogP contribution in [0.15, 0.2) is 0 Å². The predicted octanol–water partition coefficient (Wildman–Crippen LogP) is 1.79. The van der Waals surface area contributed by atoms with Crippen molar-refractivity contribution in [3.05, 3.63) is 17.2 Å². The van der Waals surface area contributed by atoms with Gasteiger partial charge in [-0.2, -0.15) is 0 Å². The Morgan fingerprint density at radius 1 is 1.56 bits per heavy atom. The van der Waals surface area contributed by atoms with Gasteiger partial charge in [0.05, 0.1) is 11.6 Å². The van der Waals surface area contributed by atoms with E-state index in [1.54, 1.807) is 6.92 Å². The van der Waals surface area contributed by atoms with Gasteiger partial charge in [-0.05, 0) is 19.8 Å². The van der Waals surface area contributed by atoms with Crippen molar-refractivity contribution in [2.24, 2.45) is 5.92 Å². The third-order valence-electron chi connectivity index (χ3n) is 3.30. The highest BCUT2D eigenvalue weighted by atomic mass is 16.4. The van der Waals surface area contributed by atoms with Gasteiger partial charge in [-0.1, -0.05) is 6.92 Å². The van der Waals surface area contributed by atoms with Gasteiger partial charge < -0.3 is 9.67 Å². The molecule has 0 saturated heterocycles. The lowest BCUT2D eigenvalue weighted by atomic mass is 10.0. The molecule has 0 spiro atoms. The Hall–Kier alpha value is -1.32. The second-order valence-corrected chi connectivity index (χ2v) is 4.61. The van der Waals surface area contributed by atoms with Crippen LogP contribution in [0.4, 0.5) is 0 Å². The Kier molecular flexibility index (Phi) is 2.99. The molecule has 88 valence electrons. The Bertz CT molecular complexity index is 409. The summed E-state index contributed by atoms with van der Waals surface area (Å²) in [7, 11) is 0. The highest BCUT2D eigenvalue weighted by Crippen LogP contribution is 2.21. The van der Waals surface area contributed by atoms with Crippen LogP contribution in [0.25, 0.3) is 0 Å². The average Bonchev–Trinajstić information content (AvgIpc) is 2.55. The van der Waals surface area contributed by atoms with Crippen LogP contribution >= 0.6 is 0 Å². The molecular weight excluding hydrogens is 204 g/mol. The maximum Gasteiger partial charge on any atom is 0.306 e. The van der Waals surface area contributed by atoms with E-state index in [1.165, 1.54) is 12.8 Å². The molecule has 1 unspecified atom stereocenters. The fourth-order valence-electron chi connectivity index (χ4n) is 2.31. The highest BCUT2D eigenvalue weighted by Gasteiger charge is 2.21. The summed E-state index contributed by atoms with van der Waals surface area (Å²) < 4.78 is 2.22. The number of carbonyl (C=O) groups is 1. The minimum absolute atomic E-state index is 0.332. The van der Waals surface area contributed by atoms with Crippen LogP contribution in [0, 0.1) is 12.8 Å². The van der Waals surface area contributed by atoms with E-state index >= 15 is 0 Å². The lowest BCUT2D eigenvalue weighted by Crippen LogP contribution is -2.18. The van der Waals surface area contributed by atoms with E-state index in [0.29, 0.717) is 6.42 Å². The number of aromatic nitrogens is 2. The molecule has 16 heavy (non-hydrogen) atoms. The number of hydrogen-bond donors (Lipinski definition) is 1. The molecule has 4 heteroatoms. The van der Waals surface area contributed by atoms with Gasteiger partial charge in [0.25, 0.3) is 0 Å². The second kappa shape index (κ2) is 4.28. The molecule has 0 radical (unpaired) electrons. The molecule has 0 aliphatic carbocycles. The third kappa shape index (κ3) is 1.96. The van der Waals surface area contributed by atoms with Gasteiger partial charge in [-0.15, -0.1) is 0 Å². The number of fused-ring (bicyclic) bond motifs is 1. The van der Waals surface area contributed by atoms with Crippen molar-refractivity contribution in [3.63, 3.8) is 0 Å². The first-order valence-corrected chi connectivity index (χ1v) is 5.87. The summed E-state index contributed by atoms with van der Waals surface area (Å²) in [6, 6.07) is 0. The number of aryl methyl sites for hydroxylation is 2. The van der Waals surface area contributed by atoms with Gasteiger partial charge in [-0.25, -0.2) is 4.98 Å². The monoisotopic (exact) mass is 222 g/mol. The molecule has 4 nitrogen and oxygen atoms in total. The summed E-state index contributed by atoms with van der Waals surface area (Å²) in [5.41, 5.74) is 2.12. The van der Waals surface area contributed by atoms with Crippen LogP contribution in [0.5, 0.6) is 0 Å². The number of carboxylic acid groups (broad SMARTS) is 1. The molecular formula is C12H18N2O2. The van der Waals surface area contributed by atoms with Crippen molar-refractivity contribution in [2.75, 3.05) is 0 Å². The molecule has 1 aliphatic rings. The van der Waals surface area contributed by atoms with Crippen molar-refractivity contribution in [1.29, 1.82) is 0 Å². The largest absolute Gasteiger partial charge is 0.481 e. The topological polar surface area (TPSA) is 55.1 Å². The summed E-state index contributed by atoms with van der Waals surface area (Å²) in [6.07, 6.45) is 4.00. The summed E-state index contributed by atoms with van der Waals surface area (Å²) in [6.45, 7) is 4.73. The SMILES string of the molecule is Cc1nc2n(c1CC(C)C(=O)O)CCCC2. The van der Waals surface area contributed by atoms with Crippen molar-refractivity contribution in [1.82, 2.24) is 9.55 Å². The maximum atomic E-state index is 10.9. The van der Waals surface area contributed by atoms with Crippen molar-refractivity contribution in [2.45, 2.75) is 46.1 Å². The van der Waals surface area contributed by atoms with Crippen molar-refractivity contribution in [3.8, 4) is 0 Å². The zero-order valence-electron chi connectivity index (χ0n) is 9.86. The molecule has 2 heterocycles. The molecule has 0 amide bonds. The number of imidazole rings is 1. The molecule has 0 bridgehead atoms. The van der Waals surface area contributed by atoms with Crippen molar-refractivity contribution < 1.29 is 9.90 Å². The molecule has 1 atom stereocenters. The first-order valence-electron chi connectivity index (χ1n) is 5.87. The fourth-order valence-corrected chi connectivity index (χ4v) is 2.31. The van der Waals surface area contributed by atoms with Crippen LogP contribution in [0.2, 0.25) is 0 Å². The molecule has 1 N–H and O–H groups in total. The summed E-state index contributed by atoms with van der Waals surface area (Å²) in [4.78, 5) is 15.4. The smallest absolute Gasteiger partial charge is 0.306 e. The van der Waals surface area contributed by atoms with E-state index < -0.39 is 5.97 Å². The van der Waals surface area contributed by atoms with Gasteiger partial charge in [0.15, 0.2) is 0 Å². The normalized spacial score (nSPS) is 16.9. The predicted molar refractivity (Wildman–Crippen MR) is 60.4 cm³/mol. The van der Waals surface area contributed by atoms with E-state index in [4.69, 9.17) is 5.11 Å². The van der Waals surface area contributed by atoms with E-state index in [-0.39, 0.29) is 5.92 Å². The van der Waals surface area contributed by atoms with Crippen molar-refractivity contribution >= 4 is 5.97 Å². The molecule has 2 rings (SSSR count). The zero-order valence-corrected chi connectivity index (χ0v) is 9.86. The van der Waals surface area contributed by atoms with Gasteiger partial charge >= 0.3 is 5.97 Å². The van der Waals surface area contributed by atoms with Crippen LogP contribution in [0.3, 0.4) is 0 Å². The second-order valence-electron chi connectivity index (χ2n) is 4.61. The number of nitrogens with zero attached hydrogens (tertiary/aromatic N) is 2. The molecule has 0 saturated carbocycles. The summed E-state index contributed by atoms with van der Waals surface area (Å²) in [5.74, 6) is 0.0727. The van der Waals surface area contributed by atoms with Crippen LogP contribution in [0.1, 0.15) is 37.0 Å². The number of rotatable bonds is 3. The molecule has 1 aliphatic heterocycles. The molecule has 0 fully saturated rings. The van der Waals surface area contributed by atoms with Gasteiger partial charge in [0, 0.05) is 25.1 Å². The van der Waals surface area contributed by atoms with E-state index in [9.17, 15) is 4.79 Å². The zero-order chi connectivity index (χ0) is 11.7. The summed E-state index contributed by atoms with van der Waals surface area (Å²) >= 11 is 0. The quantitative estimate of drug-likeness (QED) is 0.848. The standard InChI is InChI=1S/C12H18N2O2/c1-8(12(15)16)7-10-9(2)13-11-5-3-4-6-14(10)11/h8H,3-7H2,1-2H3,(H,15,16). The van der Waals surface area contributed by atoms with Crippen LogP contribution in [-0.2, 0) is 24.2 Å². The highest BCUT2D eigenvalue weighted by molar-refractivity contribution is 5.69. The Balaban J connectivity index is 2.26. The lowest BCUT2D eigenvalue weighted by molar-refractivity contribution is -0.141. The minimum atomic E-state index is -0.731. The first kappa shape index (κ1) is 11.2. The summed E-state index contributed by atoms with van der Waals surface area (Å²) in [5, 5.41) is 8.95. The van der Waals surface area contributed by atoms with Crippen LogP contribution < -0.4 is 0 Å². The van der Waals surface area contributed by atoms with Gasteiger partial charge in [0.1, 0.15) is 5.82 Å². The lowest BCUT2D eigenvalue weighted by Gasteiger charge is -2.17. The number of carboxylic acids is 1. The van der Waals surface area contributed by atoms with Gasteiger partial charge in [-0.3, -0.25) is 4.79 Å². The molecule has 0 aromatic carbocycles. The number of aliphatic carboxylic acids is 1. The Morgan fingerprint density at radius 2 is 2.31 bits per heavy atom. The van der Waals surface area contributed by atoms with Crippen LogP contribution in [-0.4, -0.2) is 20.6 Å². The minimum Gasteiger partial charge on any atom is -0.481 e. The molecule has 1 aromatic rings. The maximum absolute atomic E-state index is 10.9. The number of hydrogen-bond acceptors (Lipinski definition) is 2. The average molecular weight is 222 g/mol. The van der Waals surface area contributed by atoms with E-state index in [0.717, 1.165) is 30.2 Å².